The zero-order valence-electron chi connectivity index (χ0n) is 13.3. The molecule has 0 spiro atoms. The van der Waals surface area contributed by atoms with Crippen LogP contribution in [0.1, 0.15) is 5.76 Å². The third-order valence-electron chi connectivity index (χ3n) is 3.08. The van der Waals surface area contributed by atoms with Crippen molar-refractivity contribution < 1.29 is 27.1 Å². The number of furan rings is 1. The molecule has 0 saturated heterocycles. The molecule has 8 nitrogen and oxygen atoms in total. The molecule has 1 amide bonds. The van der Waals surface area contributed by atoms with Crippen LogP contribution in [0, 0.1) is 11.3 Å². The summed E-state index contributed by atoms with van der Waals surface area (Å²) in [4.78, 5) is 11.9. The Labute approximate surface area is 144 Å². The molecule has 1 aromatic heterocycles. The van der Waals surface area contributed by atoms with Crippen LogP contribution in [0.4, 0.5) is 0 Å². The van der Waals surface area contributed by atoms with Gasteiger partial charge in [-0.2, -0.15) is 5.26 Å². The molecular weight excluding hydrogens is 348 g/mol. The summed E-state index contributed by atoms with van der Waals surface area (Å²) in [6.45, 7) is 0. The lowest BCUT2D eigenvalue weighted by Crippen LogP contribution is -2.31. The molecule has 0 bridgehead atoms. The van der Waals surface area contributed by atoms with Gasteiger partial charge in [0.2, 0.25) is 0 Å². The molecule has 0 radical (unpaired) electrons. The first-order valence-electron chi connectivity index (χ1n) is 6.85. The van der Waals surface area contributed by atoms with Crippen molar-refractivity contribution in [1.82, 2.24) is 4.72 Å². The molecule has 1 aromatic carbocycles. The van der Waals surface area contributed by atoms with Crippen LogP contribution in [0.5, 0.6) is 11.5 Å². The Bertz CT molecular complexity index is 939. The molecule has 0 saturated carbocycles. The molecule has 25 heavy (non-hydrogen) atoms. The van der Waals surface area contributed by atoms with Crippen molar-refractivity contribution >= 4 is 22.0 Å². The van der Waals surface area contributed by atoms with E-state index in [1.807, 2.05) is 4.72 Å². The number of methoxy groups -OCH3 is 2. The molecule has 0 atom stereocenters. The maximum Gasteiger partial charge on any atom is 0.275 e. The minimum atomic E-state index is -4.26. The van der Waals surface area contributed by atoms with Gasteiger partial charge in [-0.05, 0) is 24.3 Å². The molecular formula is C16H14N2O6S. The summed E-state index contributed by atoms with van der Waals surface area (Å²) in [5, 5.41) is 9.07. The molecule has 0 fully saturated rings. The van der Waals surface area contributed by atoms with E-state index < -0.39 is 21.5 Å². The van der Waals surface area contributed by atoms with Gasteiger partial charge in [-0.25, -0.2) is 13.1 Å². The van der Waals surface area contributed by atoms with Gasteiger partial charge in [-0.1, -0.05) is 0 Å². The number of rotatable bonds is 6. The quantitative estimate of drug-likeness (QED) is 0.614. The second-order valence-corrected chi connectivity index (χ2v) is 6.29. The second-order valence-electron chi connectivity index (χ2n) is 4.64. The lowest BCUT2D eigenvalue weighted by Gasteiger charge is -2.11. The fourth-order valence-electron chi connectivity index (χ4n) is 1.89. The Morgan fingerprint density at radius 3 is 2.60 bits per heavy atom. The average molecular weight is 362 g/mol. The predicted octanol–water partition coefficient (Wildman–Crippen LogP) is 1.71. The molecule has 0 aliphatic heterocycles. The van der Waals surface area contributed by atoms with Crippen LogP contribution < -0.4 is 14.2 Å². The molecule has 0 aliphatic rings. The van der Waals surface area contributed by atoms with Gasteiger partial charge in [0.15, 0.2) is 0 Å². The molecule has 0 aliphatic carbocycles. The van der Waals surface area contributed by atoms with E-state index in [1.54, 1.807) is 12.1 Å². The number of nitrogens with zero attached hydrogens (tertiary/aromatic N) is 1. The SMILES string of the molecule is COc1ccc(S(=O)(=O)NC(=O)/C(C#N)=C\c2ccco2)c(OC)c1. The maximum atomic E-state index is 12.4. The van der Waals surface area contributed by atoms with Gasteiger partial charge in [0.05, 0.1) is 20.5 Å². The van der Waals surface area contributed by atoms with Crippen LogP contribution in [0.15, 0.2) is 51.5 Å². The first-order chi connectivity index (χ1) is 11.9. The smallest absolute Gasteiger partial charge is 0.275 e. The first-order valence-corrected chi connectivity index (χ1v) is 8.34. The summed E-state index contributed by atoms with van der Waals surface area (Å²) in [5.41, 5.74) is -0.425. The highest BCUT2D eigenvalue weighted by Crippen LogP contribution is 2.28. The lowest BCUT2D eigenvalue weighted by molar-refractivity contribution is -0.115. The van der Waals surface area contributed by atoms with Crippen molar-refractivity contribution in [2.75, 3.05) is 14.2 Å². The summed E-state index contributed by atoms with van der Waals surface area (Å²) >= 11 is 0. The van der Waals surface area contributed by atoms with E-state index in [1.165, 1.54) is 44.7 Å². The molecule has 9 heteroatoms. The summed E-state index contributed by atoms with van der Waals surface area (Å²) in [7, 11) is -1.56. The van der Waals surface area contributed by atoms with Crippen molar-refractivity contribution in [2.45, 2.75) is 4.90 Å². The average Bonchev–Trinajstić information content (AvgIpc) is 3.11. The molecule has 2 rings (SSSR count). The highest BCUT2D eigenvalue weighted by Gasteiger charge is 2.24. The van der Waals surface area contributed by atoms with Gasteiger partial charge >= 0.3 is 0 Å². The van der Waals surface area contributed by atoms with Crippen molar-refractivity contribution in [3.63, 3.8) is 0 Å². The van der Waals surface area contributed by atoms with Crippen LogP contribution in [0.25, 0.3) is 6.08 Å². The van der Waals surface area contributed by atoms with E-state index in [0.717, 1.165) is 6.08 Å². The van der Waals surface area contributed by atoms with Crippen LogP contribution >= 0.6 is 0 Å². The van der Waals surface area contributed by atoms with E-state index in [-0.39, 0.29) is 16.4 Å². The largest absolute Gasteiger partial charge is 0.497 e. The van der Waals surface area contributed by atoms with Crippen molar-refractivity contribution in [1.29, 1.82) is 5.26 Å². The number of ether oxygens (including phenoxy) is 2. The van der Waals surface area contributed by atoms with E-state index >= 15 is 0 Å². The zero-order chi connectivity index (χ0) is 18.4. The number of nitrogens with one attached hydrogen (secondary N) is 1. The summed E-state index contributed by atoms with van der Waals surface area (Å²) in [5.74, 6) is -0.464. The number of hydrogen-bond donors (Lipinski definition) is 1. The highest BCUT2D eigenvalue weighted by molar-refractivity contribution is 7.90. The van der Waals surface area contributed by atoms with E-state index in [4.69, 9.17) is 19.2 Å². The predicted molar refractivity (Wildman–Crippen MR) is 87.2 cm³/mol. The van der Waals surface area contributed by atoms with Gasteiger partial charge in [-0.3, -0.25) is 4.79 Å². The number of hydrogen-bond acceptors (Lipinski definition) is 7. The van der Waals surface area contributed by atoms with Crippen molar-refractivity contribution in [3.8, 4) is 17.6 Å². The van der Waals surface area contributed by atoms with Crippen LogP contribution in [0.3, 0.4) is 0 Å². The second kappa shape index (κ2) is 7.55. The van der Waals surface area contributed by atoms with Crippen LogP contribution in [0.2, 0.25) is 0 Å². The fraction of sp³-hybridized carbons (Fsp3) is 0.125. The maximum absolute atomic E-state index is 12.4. The van der Waals surface area contributed by atoms with E-state index in [2.05, 4.69) is 0 Å². The third-order valence-corrected chi connectivity index (χ3v) is 4.45. The van der Waals surface area contributed by atoms with E-state index in [9.17, 15) is 13.2 Å². The molecule has 1 heterocycles. The Morgan fingerprint density at radius 1 is 1.28 bits per heavy atom. The zero-order valence-corrected chi connectivity index (χ0v) is 14.2. The van der Waals surface area contributed by atoms with E-state index in [0.29, 0.717) is 5.75 Å². The number of amides is 1. The Morgan fingerprint density at radius 2 is 2.04 bits per heavy atom. The minimum Gasteiger partial charge on any atom is -0.497 e. The number of nitriles is 1. The summed E-state index contributed by atoms with van der Waals surface area (Å²) in [6.07, 6.45) is 2.49. The fourth-order valence-corrected chi connectivity index (χ4v) is 3.01. The van der Waals surface area contributed by atoms with Crippen molar-refractivity contribution in [3.05, 3.63) is 47.9 Å². The number of carbonyl (C=O) groups is 1. The number of benzene rings is 1. The minimum absolute atomic E-state index is 0.00632. The third kappa shape index (κ3) is 4.19. The molecule has 130 valence electrons. The molecule has 0 unspecified atom stereocenters. The van der Waals surface area contributed by atoms with Crippen LogP contribution in [-0.2, 0) is 14.8 Å². The van der Waals surface area contributed by atoms with Gasteiger partial charge in [0, 0.05) is 12.1 Å². The van der Waals surface area contributed by atoms with Gasteiger partial charge in [-0.15, -0.1) is 0 Å². The Balaban J connectivity index is 2.32. The molecule has 1 N–H and O–H groups in total. The topological polar surface area (TPSA) is 119 Å². The number of sulfonamides is 1. The normalized spacial score (nSPS) is 11.5. The standard InChI is InChI=1S/C16H14N2O6S/c1-22-12-5-6-15(14(9-12)23-2)25(20,21)18-16(19)11(10-17)8-13-4-3-7-24-13/h3-9H,1-2H3,(H,18,19)/b11-8-. The first kappa shape index (κ1) is 18.1. The number of carbonyl (C=O) groups excluding carboxylic acids is 1. The van der Waals surface area contributed by atoms with Crippen molar-refractivity contribution in [2.24, 2.45) is 0 Å². The van der Waals surface area contributed by atoms with Gasteiger partial charge in [0.1, 0.15) is 33.8 Å². The monoisotopic (exact) mass is 362 g/mol. The summed E-state index contributed by atoms with van der Waals surface area (Å²) in [6, 6.07) is 8.72. The Kier molecular flexibility index (Phi) is 5.46. The summed E-state index contributed by atoms with van der Waals surface area (Å²) < 4.78 is 41.7. The highest BCUT2D eigenvalue weighted by atomic mass is 32.2. The lowest BCUT2D eigenvalue weighted by atomic mass is 10.2. The Hall–Kier alpha value is -3.25. The molecule has 2 aromatic rings. The van der Waals surface area contributed by atoms with Gasteiger partial charge < -0.3 is 13.9 Å². The van der Waals surface area contributed by atoms with Crippen LogP contribution in [-0.4, -0.2) is 28.5 Å². The van der Waals surface area contributed by atoms with Gasteiger partial charge in [0.25, 0.3) is 15.9 Å².